The van der Waals surface area contributed by atoms with Crippen LogP contribution in [-0.2, 0) is 15.8 Å². The highest BCUT2D eigenvalue weighted by atomic mass is 32.2. The lowest BCUT2D eigenvalue weighted by atomic mass is 10.0. The zero-order chi connectivity index (χ0) is 16.8. The predicted octanol–water partition coefficient (Wildman–Crippen LogP) is 2.90. The van der Waals surface area contributed by atoms with Gasteiger partial charge in [-0.15, -0.1) is 0 Å². The van der Waals surface area contributed by atoms with Crippen LogP contribution in [0.3, 0.4) is 0 Å². The van der Waals surface area contributed by atoms with Gasteiger partial charge in [-0.25, -0.2) is 13.8 Å². The monoisotopic (exact) mass is 332 g/mol. The molecule has 118 valence electrons. The van der Waals surface area contributed by atoms with Crippen molar-refractivity contribution in [3.63, 3.8) is 0 Å². The molecule has 2 aromatic rings. The summed E-state index contributed by atoms with van der Waals surface area (Å²) in [7, 11) is 0. The highest BCUT2D eigenvalue weighted by Crippen LogP contribution is 2.20. The maximum atomic E-state index is 11.7. The second-order valence-electron chi connectivity index (χ2n) is 4.41. The number of benzene rings is 2. The first kappa shape index (κ1) is 16.6. The molecule has 23 heavy (non-hydrogen) atoms. The Bertz CT molecular complexity index is 762. The van der Waals surface area contributed by atoms with Gasteiger partial charge in [-0.2, -0.15) is 0 Å². The van der Waals surface area contributed by atoms with Crippen LogP contribution < -0.4 is 0 Å². The van der Waals surface area contributed by atoms with Crippen LogP contribution in [0.4, 0.5) is 0 Å². The predicted molar refractivity (Wildman–Crippen MR) is 84.2 cm³/mol. The summed E-state index contributed by atoms with van der Waals surface area (Å²) in [5.41, 5.74) is 2.10. The zero-order valence-electron chi connectivity index (χ0n) is 11.7. The number of hydrogen-bond acceptors (Lipinski definition) is 4. The van der Waals surface area contributed by atoms with Gasteiger partial charge in [0, 0.05) is 0 Å². The topological polar surface area (TPSA) is 101 Å². The van der Waals surface area contributed by atoms with E-state index in [4.69, 9.17) is 9.66 Å². The number of carbonyl (C=O) groups excluding carboxylic acids is 1. The van der Waals surface area contributed by atoms with Gasteiger partial charge in [0.25, 0.3) is 0 Å². The second kappa shape index (κ2) is 7.48. The minimum Gasteiger partial charge on any atom is -0.478 e. The van der Waals surface area contributed by atoms with Gasteiger partial charge in [-0.1, -0.05) is 24.3 Å². The van der Waals surface area contributed by atoms with Crippen molar-refractivity contribution >= 4 is 23.0 Å². The fourth-order valence-corrected chi connectivity index (χ4v) is 1.96. The van der Waals surface area contributed by atoms with Gasteiger partial charge < -0.3 is 14.4 Å². The van der Waals surface area contributed by atoms with Crippen molar-refractivity contribution in [1.82, 2.24) is 0 Å². The first-order chi connectivity index (χ1) is 11.0. The third kappa shape index (κ3) is 4.60. The molecule has 0 saturated heterocycles. The molecule has 0 aliphatic heterocycles. The minimum absolute atomic E-state index is 0.196. The molecule has 0 fully saturated rings. The Morgan fingerprint density at radius 2 is 1.39 bits per heavy atom. The van der Waals surface area contributed by atoms with E-state index in [1.165, 1.54) is 12.1 Å². The number of rotatable bonds is 5. The second-order valence-corrected chi connectivity index (χ2v) is 5.24. The van der Waals surface area contributed by atoms with Crippen molar-refractivity contribution in [3.8, 4) is 11.1 Å². The molecule has 0 aliphatic rings. The quantitative estimate of drug-likeness (QED) is 0.496. The van der Waals surface area contributed by atoms with Crippen molar-refractivity contribution < 1.29 is 28.2 Å². The van der Waals surface area contributed by atoms with Crippen LogP contribution in [-0.4, -0.2) is 25.8 Å². The normalized spacial score (nSPS) is 12.0. The lowest BCUT2D eigenvalue weighted by molar-refractivity contribution is 0.0661. The highest BCUT2D eigenvalue weighted by molar-refractivity contribution is 7.82. The summed E-state index contributed by atoms with van der Waals surface area (Å²) in [6.45, 7) is 0. The summed E-state index contributed by atoms with van der Waals surface area (Å²) in [4.78, 5) is 22.5. The molecule has 0 spiro atoms. The fourth-order valence-electron chi connectivity index (χ4n) is 1.81. The lowest BCUT2D eigenvalue weighted by Crippen LogP contribution is -2.00. The Kier molecular flexibility index (Phi) is 5.40. The summed E-state index contributed by atoms with van der Waals surface area (Å²) >= 11 is -2.17. The number of carboxylic acid groups (broad SMARTS) is 1. The van der Waals surface area contributed by atoms with Crippen LogP contribution in [0.2, 0.25) is 0 Å². The van der Waals surface area contributed by atoms with Crippen LogP contribution >= 0.6 is 0 Å². The summed E-state index contributed by atoms with van der Waals surface area (Å²) in [5.74, 6) is -1.65. The van der Waals surface area contributed by atoms with Crippen molar-refractivity contribution in [1.29, 1.82) is 0 Å². The highest BCUT2D eigenvalue weighted by Gasteiger charge is 2.07. The molecule has 7 heteroatoms. The molecule has 1 unspecified atom stereocenters. The van der Waals surface area contributed by atoms with E-state index in [-0.39, 0.29) is 11.1 Å². The summed E-state index contributed by atoms with van der Waals surface area (Å²) < 4.78 is 23.6. The van der Waals surface area contributed by atoms with Gasteiger partial charge in [0.2, 0.25) is 0 Å². The van der Waals surface area contributed by atoms with Crippen molar-refractivity contribution in [2.45, 2.75) is 0 Å². The SMILES string of the molecule is O=C(O)c1ccc(-c2ccc(C(=O)OC=CS(=O)O)cc2)cc1. The van der Waals surface area contributed by atoms with Gasteiger partial charge in [0.05, 0.1) is 16.5 Å². The van der Waals surface area contributed by atoms with Crippen LogP contribution in [0.25, 0.3) is 11.1 Å². The van der Waals surface area contributed by atoms with E-state index in [2.05, 4.69) is 4.74 Å². The molecule has 2 aromatic carbocycles. The first-order valence-corrected chi connectivity index (χ1v) is 7.55. The van der Waals surface area contributed by atoms with E-state index < -0.39 is 23.0 Å². The Balaban J connectivity index is 2.11. The van der Waals surface area contributed by atoms with Gasteiger partial charge in [-0.3, -0.25) is 0 Å². The Morgan fingerprint density at radius 1 is 0.913 bits per heavy atom. The molecule has 0 aromatic heterocycles. The summed E-state index contributed by atoms with van der Waals surface area (Å²) in [6, 6.07) is 12.8. The van der Waals surface area contributed by atoms with E-state index in [1.807, 2.05) is 0 Å². The number of esters is 1. The average molecular weight is 332 g/mol. The van der Waals surface area contributed by atoms with Crippen molar-refractivity contribution in [3.05, 3.63) is 71.3 Å². The molecule has 1 atom stereocenters. The smallest absolute Gasteiger partial charge is 0.342 e. The largest absolute Gasteiger partial charge is 0.478 e. The van der Waals surface area contributed by atoms with Gasteiger partial charge in [0.1, 0.15) is 6.26 Å². The number of aromatic carboxylic acids is 1. The molecule has 0 bridgehead atoms. The van der Waals surface area contributed by atoms with Crippen LogP contribution in [0.15, 0.2) is 60.2 Å². The number of carboxylic acids is 1. The Hall–Kier alpha value is -2.77. The van der Waals surface area contributed by atoms with Crippen LogP contribution in [0.1, 0.15) is 20.7 Å². The molecule has 0 radical (unpaired) electrons. The molecule has 0 amide bonds. The van der Waals surface area contributed by atoms with E-state index >= 15 is 0 Å². The molecule has 0 saturated carbocycles. The number of ether oxygens (including phenoxy) is 1. The zero-order valence-corrected chi connectivity index (χ0v) is 12.5. The van der Waals surface area contributed by atoms with Crippen LogP contribution in [0, 0.1) is 0 Å². The molecule has 6 nitrogen and oxygen atoms in total. The lowest BCUT2D eigenvalue weighted by Gasteiger charge is -2.04. The Morgan fingerprint density at radius 3 is 1.83 bits per heavy atom. The fraction of sp³-hybridized carbons (Fsp3) is 0. The first-order valence-electron chi connectivity index (χ1n) is 6.38. The minimum atomic E-state index is -2.17. The molecule has 0 heterocycles. The van der Waals surface area contributed by atoms with Crippen molar-refractivity contribution in [2.75, 3.05) is 0 Å². The van der Waals surface area contributed by atoms with Gasteiger partial charge in [-0.05, 0) is 35.4 Å². The molecule has 2 rings (SSSR count). The molecular weight excluding hydrogens is 320 g/mol. The summed E-state index contributed by atoms with van der Waals surface area (Å²) in [6.07, 6.45) is 0.858. The third-order valence-corrected chi connectivity index (χ3v) is 3.28. The molecule has 0 aliphatic carbocycles. The average Bonchev–Trinajstić information content (AvgIpc) is 2.54. The number of hydrogen-bond donors (Lipinski definition) is 2. The van der Waals surface area contributed by atoms with E-state index in [9.17, 15) is 13.8 Å². The summed E-state index contributed by atoms with van der Waals surface area (Å²) in [5, 5.41) is 9.69. The van der Waals surface area contributed by atoms with E-state index in [0.717, 1.165) is 22.8 Å². The van der Waals surface area contributed by atoms with Gasteiger partial charge >= 0.3 is 11.9 Å². The molecule has 2 N–H and O–H groups in total. The standard InChI is InChI=1S/C16H12O6S/c17-15(18)13-5-1-11(2-6-13)12-3-7-14(8-4-12)16(19)22-9-10-23(20)21/h1-10H,(H,17,18)(H,20,21). The molecular formula is C16H12O6S. The maximum Gasteiger partial charge on any atom is 0.342 e. The van der Waals surface area contributed by atoms with Crippen LogP contribution in [0.5, 0.6) is 0 Å². The third-order valence-electron chi connectivity index (χ3n) is 2.93. The number of carbonyl (C=O) groups is 2. The van der Waals surface area contributed by atoms with Gasteiger partial charge in [0.15, 0.2) is 11.1 Å². The Labute approximate surface area is 134 Å². The maximum absolute atomic E-state index is 11.7. The van der Waals surface area contributed by atoms with E-state index in [0.29, 0.717) is 0 Å². The van der Waals surface area contributed by atoms with Crippen molar-refractivity contribution in [2.24, 2.45) is 0 Å². The van der Waals surface area contributed by atoms with E-state index in [1.54, 1.807) is 36.4 Å².